The molecule has 0 unspecified atom stereocenters. The molecule has 3 heteroatoms. The molecule has 0 aromatic carbocycles. The van der Waals surface area contributed by atoms with Crippen LogP contribution >= 0.6 is 0 Å². The van der Waals surface area contributed by atoms with Crippen molar-refractivity contribution in [3.63, 3.8) is 0 Å². The van der Waals surface area contributed by atoms with E-state index in [0.29, 0.717) is 12.1 Å². The Kier molecular flexibility index (Phi) is 2.94. The first-order chi connectivity index (χ1) is 5.74. The van der Waals surface area contributed by atoms with Gasteiger partial charge in [0.05, 0.1) is 5.69 Å². The van der Waals surface area contributed by atoms with Crippen molar-refractivity contribution in [2.75, 3.05) is 14.1 Å². The minimum absolute atomic E-state index is 0.672. The molecule has 64 valence electrons. The van der Waals surface area contributed by atoms with Crippen LogP contribution in [-0.4, -0.2) is 30.3 Å². The number of hydrogen-bond donors (Lipinski definition) is 0. The van der Waals surface area contributed by atoms with Gasteiger partial charge in [0.2, 0.25) is 0 Å². The predicted molar refractivity (Wildman–Crippen MR) is 47.0 cm³/mol. The molecule has 0 atom stereocenters. The fourth-order valence-electron chi connectivity index (χ4n) is 0.989. The number of aldehydes is 1. The van der Waals surface area contributed by atoms with Gasteiger partial charge in [-0.3, -0.25) is 9.78 Å². The molecule has 1 aromatic heterocycles. The van der Waals surface area contributed by atoms with E-state index < -0.39 is 0 Å². The van der Waals surface area contributed by atoms with Crippen molar-refractivity contribution in [1.29, 1.82) is 0 Å². The van der Waals surface area contributed by atoms with Gasteiger partial charge in [0, 0.05) is 18.3 Å². The molecule has 0 amide bonds. The molecule has 3 nitrogen and oxygen atoms in total. The van der Waals surface area contributed by atoms with Crippen molar-refractivity contribution in [1.82, 2.24) is 9.88 Å². The lowest BCUT2D eigenvalue weighted by Crippen LogP contribution is -2.13. The van der Waals surface area contributed by atoms with Crippen LogP contribution < -0.4 is 0 Å². The second kappa shape index (κ2) is 3.97. The maximum atomic E-state index is 10.6. The number of hydrogen-bond acceptors (Lipinski definition) is 3. The monoisotopic (exact) mass is 164 g/mol. The zero-order valence-corrected chi connectivity index (χ0v) is 7.32. The van der Waals surface area contributed by atoms with Gasteiger partial charge in [-0.2, -0.15) is 0 Å². The summed E-state index contributed by atoms with van der Waals surface area (Å²) in [5.74, 6) is 0. The molecule has 1 heterocycles. The van der Waals surface area contributed by atoms with Crippen LogP contribution in [0.4, 0.5) is 0 Å². The average molecular weight is 164 g/mol. The first-order valence-electron chi connectivity index (χ1n) is 3.78. The molecular weight excluding hydrogens is 152 g/mol. The number of carbonyl (C=O) groups excluding carboxylic acids is 1. The van der Waals surface area contributed by atoms with Crippen molar-refractivity contribution in [3.8, 4) is 0 Å². The summed E-state index contributed by atoms with van der Waals surface area (Å²) < 4.78 is 0. The summed E-state index contributed by atoms with van der Waals surface area (Å²) in [5.41, 5.74) is 1.50. The molecule has 0 spiro atoms. The smallest absolute Gasteiger partial charge is 0.151 e. The topological polar surface area (TPSA) is 33.2 Å². The van der Waals surface area contributed by atoms with Crippen LogP contribution in [0.15, 0.2) is 18.3 Å². The van der Waals surface area contributed by atoms with E-state index in [1.807, 2.05) is 19.0 Å². The second-order valence-electron chi connectivity index (χ2n) is 2.89. The van der Waals surface area contributed by atoms with E-state index in [4.69, 9.17) is 0 Å². The Morgan fingerprint density at radius 3 is 2.92 bits per heavy atom. The summed E-state index contributed by atoms with van der Waals surface area (Å²) in [5, 5.41) is 0. The molecule has 0 saturated heterocycles. The molecule has 0 saturated carbocycles. The molecule has 0 radical (unpaired) electrons. The van der Waals surface area contributed by atoms with Crippen LogP contribution in [0.5, 0.6) is 0 Å². The first-order valence-corrected chi connectivity index (χ1v) is 3.78. The number of pyridine rings is 1. The van der Waals surface area contributed by atoms with Crippen molar-refractivity contribution in [3.05, 3.63) is 29.6 Å². The highest BCUT2D eigenvalue weighted by Crippen LogP contribution is 2.03. The molecule has 0 fully saturated rings. The maximum absolute atomic E-state index is 10.6. The summed E-state index contributed by atoms with van der Waals surface area (Å²) in [6.45, 7) is 0.703. The molecule has 0 aliphatic carbocycles. The Labute approximate surface area is 72.0 Å². The SMILES string of the molecule is CN(C)Cc1ncccc1C=O. The lowest BCUT2D eigenvalue weighted by molar-refractivity contribution is 0.112. The van der Waals surface area contributed by atoms with E-state index in [1.165, 1.54) is 0 Å². The average Bonchev–Trinajstić information content (AvgIpc) is 2.04. The number of aromatic nitrogens is 1. The summed E-state index contributed by atoms with van der Waals surface area (Å²) in [7, 11) is 3.90. The fraction of sp³-hybridized carbons (Fsp3) is 0.333. The molecule has 0 N–H and O–H groups in total. The Balaban J connectivity index is 2.89. The van der Waals surface area contributed by atoms with Gasteiger partial charge in [0.15, 0.2) is 6.29 Å². The lowest BCUT2D eigenvalue weighted by Gasteiger charge is -2.09. The van der Waals surface area contributed by atoms with Gasteiger partial charge in [-0.1, -0.05) is 0 Å². The highest BCUT2D eigenvalue weighted by atomic mass is 16.1. The van der Waals surface area contributed by atoms with Crippen molar-refractivity contribution in [2.45, 2.75) is 6.54 Å². The van der Waals surface area contributed by atoms with E-state index in [9.17, 15) is 4.79 Å². The molecule has 1 rings (SSSR count). The number of rotatable bonds is 3. The number of carbonyl (C=O) groups is 1. The molecule has 0 aliphatic rings. The minimum atomic E-state index is 0.672. The first kappa shape index (κ1) is 8.87. The van der Waals surface area contributed by atoms with Crippen LogP contribution in [0.3, 0.4) is 0 Å². The summed E-state index contributed by atoms with van der Waals surface area (Å²) >= 11 is 0. The predicted octanol–water partition coefficient (Wildman–Crippen LogP) is 0.956. The Morgan fingerprint density at radius 1 is 1.58 bits per heavy atom. The summed E-state index contributed by atoms with van der Waals surface area (Å²) in [4.78, 5) is 16.6. The highest BCUT2D eigenvalue weighted by Gasteiger charge is 2.01. The highest BCUT2D eigenvalue weighted by molar-refractivity contribution is 5.76. The molecular formula is C9H12N2O. The third kappa shape index (κ3) is 2.13. The summed E-state index contributed by atoms with van der Waals surface area (Å²) in [6, 6.07) is 3.54. The van der Waals surface area contributed by atoms with Crippen LogP contribution in [0, 0.1) is 0 Å². The van der Waals surface area contributed by atoms with Gasteiger partial charge in [-0.05, 0) is 26.2 Å². The van der Waals surface area contributed by atoms with E-state index >= 15 is 0 Å². The lowest BCUT2D eigenvalue weighted by atomic mass is 10.2. The van der Waals surface area contributed by atoms with Gasteiger partial charge in [0.25, 0.3) is 0 Å². The third-order valence-electron chi connectivity index (χ3n) is 1.52. The van der Waals surface area contributed by atoms with E-state index in [0.717, 1.165) is 12.0 Å². The van der Waals surface area contributed by atoms with E-state index in [2.05, 4.69) is 4.98 Å². The van der Waals surface area contributed by atoms with Crippen LogP contribution in [0.2, 0.25) is 0 Å². The van der Waals surface area contributed by atoms with Gasteiger partial charge < -0.3 is 4.90 Å². The van der Waals surface area contributed by atoms with E-state index in [-0.39, 0.29) is 0 Å². The summed E-state index contributed by atoms with van der Waals surface area (Å²) in [6.07, 6.45) is 2.54. The molecule has 1 aromatic rings. The maximum Gasteiger partial charge on any atom is 0.151 e. The van der Waals surface area contributed by atoms with Gasteiger partial charge in [-0.25, -0.2) is 0 Å². The van der Waals surface area contributed by atoms with Crippen molar-refractivity contribution >= 4 is 6.29 Å². The quantitative estimate of drug-likeness (QED) is 0.624. The van der Waals surface area contributed by atoms with Crippen LogP contribution in [0.25, 0.3) is 0 Å². The standard InChI is InChI=1S/C9H12N2O/c1-11(2)6-9-8(7-12)4-3-5-10-9/h3-5,7H,6H2,1-2H3. The Bertz CT molecular complexity index is 271. The van der Waals surface area contributed by atoms with Crippen molar-refractivity contribution in [2.24, 2.45) is 0 Å². The van der Waals surface area contributed by atoms with Gasteiger partial charge in [-0.15, -0.1) is 0 Å². The van der Waals surface area contributed by atoms with Crippen molar-refractivity contribution < 1.29 is 4.79 Å². The fourth-order valence-corrected chi connectivity index (χ4v) is 0.989. The van der Waals surface area contributed by atoms with Gasteiger partial charge in [0.1, 0.15) is 0 Å². The Hall–Kier alpha value is -1.22. The second-order valence-corrected chi connectivity index (χ2v) is 2.89. The molecule has 12 heavy (non-hydrogen) atoms. The zero-order valence-electron chi connectivity index (χ0n) is 7.32. The van der Waals surface area contributed by atoms with Gasteiger partial charge >= 0.3 is 0 Å². The Morgan fingerprint density at radius 2 is 2.33 bits per heavy atom. The largest absolute Gasteiger partial charge is 0.304 e. The minimum Gasteiger partial charge on any atom is -0.304 e. The molecule has 0 bridgehead atoms. The van der Waals surface area contributed by atoms with Crippen LogP contribution in [-0.2, 0) is 6.54 Å². The third-order valence-corrected chi connectivity index (χ3v) is 1.52. The molecule has 0 aliphatic heterocycles. The van der Waals surface area contributed by atoms with E-state index in [1.54, 1.807) is 18.3 Å². The van der Waals surface area contributed by atoms with Crippen LogP contribution in [0.1, 0.15) is 16.1 Å². The number of nitrogens with zero attached hydrogens (tertiary/aromatic N) is 2. The normalized spacial score (nSPS) is 10.2. The zero-order chi connectivity index (χ0) is 8.97.